The van der Waals surface area contributed by atoms with Gasteiger partial charge in [0.05, 0.1) is 6.20 Å². The highest BCUT2D eigenvalue weighted by atomic mass is 35.5. The van der Waals surface area contributed by atoms with Gasteiger partial charge in [0.15, 0.2) is 0 Å². The first-order valence-corrected chi connectivity index (χ1v) is 11.4. The monoisotopic (exact) mass is 464 g/mol. The van der Waals surface area contributed by atoms with E-state index < -0.39 is 10.0 Å². The topological polar surface area (TPSA) is 90.0 Å². The lowest BCUT2D eigenvalue weighted by Crippen LogP contribution is -2.34. The minimum Gasteiger partial charge on any atom is -0.327 e. The maximum absolute atomic E-state index is 13.6. The molecule has 1 aliphatic rings. The molecule has 3 N–H and O–H groups in total. The molecule has 0 amide bonds. The van der Waals surface area contributed by atoms with E-state index in [4.69, 9.17) is 5.73 Å². The number of halogens is 2. The summed E-state index contributed by atoms with van der Waals surface area (Å²) in [6.45, 7) is 0.173. The number of hydrogen-bond donors (Lipinski definition) is 2. The van der Waals surface area contributed by atoms with Crippen molar-refractivity contribution < 1.29 is 12.8 Å². The van der Waals surface area contributed by atoms with Gasteiger partial charge in [0.1, 0.15) is 10.7 Å². The van der Waals surface area contributed by atoms with Gasteiger partial charge >= 0.3 is 0 Å². The van der Waals surface area contributed by atoms with Gasteiger partial charge in [0, 0.05) is 31.7 Å². The van der Waals surface area contributed by atoms with E-state index in [0.717, 1.165) is 29.5 Å². The Labute approximate surface area is 188 Å². The van der Waals surface area contributed by atoms with Crippen LogP contribution in [0.2, 0.25) is 0 Å². The summed E-state index contributed by atoms with van der Waals surface area (Å²) >= 11 is 0. The smallest absolute Gasteiger partial charge is 0.243 e. The van der Waals surface area contributed by atoms with Crippen LogP contribution in [0.5, 0.6) is 0 Å². The molecule has 31 heavy (non-hydrogen) atoms. The van der Waals surface area contributed by atoms with E-state index >= 15 is 0 Å². The largest absolute Gasteiger partial charge is 0.327 e. The molecule has 6 nitrogen and oxygen atoms in total. The Hall–Kier alpha value is -2.26. The summed E-state index contributed by atoms with van der Waals surface area (Å²) < 4.78 is 42.7. The first-order valence-electron chi connectivity index (χ1n) is 9.92. The van der Waals surface area contributed by atoms with E-state index in [1.165, 1.54) is 28.7 Å². The van der Waals surface area contributed by atoms with E-state index in [1.54, 1.807) is 19.2 Å². The molecule has 4 rings (SSSR count). The highest BCUT2D eigenvalue weighted by Crippen LogP contribution is 2.34. The first kappa shape index (κ1) is 23.4. The number of fused-ring (bicyclic) bond motifs is 1. The van der Waals surface area contributed by atoms with Crippen molar-refractivity contribution in [2.45, 2.75) is 42.7 Å². The molecule has 0 aliphatic heterocycles. The van der Waals surface area contributed by atoms with Crippen molar-refractivity contribution >= 4 is 22.4 Å². The van der Waals surface area contributed by atoms with Crippen molar-refractivity contribution in [3.8, 4) is 0 Å². The molecule has 0 spiro atoms. The van der Waals surface area contributed by atoms with Crippen molar-refractivity contribution in [1.82, 2.24) is 14.5 Å². The van der Waals surface area contributed by atoms with E-state index in [2.05, 4.69) is 9.82 Å². The van der Waals surface area contributed by atoms with Crippen LogP contribution in [0.1, 0.15) is 34.6 Å². The lowest BCUT2D eigenvalue weighted by Gasteiger charge is -2.32. The zero-order chi connectivity index (χ0) is 21.3. The molecule has 0 bridgehead atoms. The zero-order valence-corrected chi connectivity index (χ0v) is 18.8. The summed E-state index contributed by atoms with van der Waals surface area (Å²) in [6, 6.07) is 12.6. The molecule has 9 heteroatoms. The lowest BCUT2D eigenvalue weighted by molar-refractivity contribution is 0.466. The fraction of sp³-hybridized carbons (Fsp3) is 0.318. The number of benzene rings is 2. The Balaban J connectivity index is 0.00000272. The van der Waals surface area contributed by atoms with Gasteiger partial charge in [0.25, 0.3) is 0 Å². The molecule has 0 saturated heterocycles. The highest BCUT2D eigenvalue weighted by Gasteiger charge is 2.27. The molecule has 1 heterocycles. The van der Waals surface area contributed by atoms with Gasteiger partial charge < -0.3 is 5.73 Å². The van der Waals surface area contributed by atoms with Gasteiger partial charge in [-0.05, 0) is 53.6 Å². The van der Waals surface area contributed by atoms with Crippen LogP contribution in [0.15, 0.2) is 59.8 Å². The van der Waals surface area contributed by atoms with Crippen LogP contribution in [0.3, 0.4) is 0 Å². The fourth-order valence-electron chi connectivity index (χ4n) is 4.06. The zero-order valence-electron chi connectivity index (χ0n) is 17.2. The molecule has 2 aromatic carbocycles. The predicted molar refractivity (Wildman–Crippen MR) is 120 cm³/mol. The average Bonchev–Trinajstić information content (AvgIpc) is 3.16. The average molecular weight is 465 g/mol. The van der Waals surface area contributed by atoms with Crippen molar-refractivity contribution in [2.24, 2.45) is 12.8 Å². The van der Waals surface area contributed by atoms with Crippen molar-refractivity contribution in [1.29, 1.82) is 0 Å². The Kier molecular flexibility index (Phi) is 7.16. The summed E-state index contributed by atoms with van der Waals surface area (Å²) in [7, 11) is -1.97. The van der Waals surface area contributed by atoms with Crippen molar-refractivity contribution in [2.75, 3.05) is 0 Å². The second-order valence-corrected chi connectivity index (χ2v) is 9.62. The van der Waals surface area contributed by atoms with Crippen LogP contribution >= 0.6 is 12.4 Å². The molecule has 0 fully saturated rings. The summed E-state index contributed by atoms with van der Waals surface area (Å²) in [5.74, 6) is -0.193. The Bertz CT molecular complexity index is 1170. The second-order valence-electron chi connectivity index (χ2n) is 7.85. The minimum absolute atomic E-state index is 0. The molecular formula is C22H26ClFN4O2S. The van der Waals surface area contributed by atoms with Crippen LogP contribution in [-0.2, 0) is 36.5 Å². The molecule has 166 valence electrons. The molecule has 1 aliphatic carbocycles. The second kappa shape index (κ2) is 9.48. The third-order valence-electron chi connectivity index (χ3n) is 5.68. The number of nitrogens with one attached hydrogen (secondary N) is 1. The van der Waals surface area contributed by atoms with E-state index in [0.29, 0.717) is 6.42 Å². The van der Waals surface area contributed by atoms with Crippen LogP contribution in [0, 0.1) is 5.82 Å². The van der Waals surface area contributed by atoms with Crippen LogP contribution < -0.4 is 10.5 Å². The maximum Gasteiger partial charge on any atom is 0.243 e. The predicted octanol–water partition coefficient (Wildman–Crippen LogP) is 3.06. The van der Waals surface area contributed by atoms with Crippen molar-refractivity contribution in [3.05, 3.63) is 82.9 Å². The van der Waals surface area contributed by atoms with Gasteiger partial charge in [0.2, 0.25) is 10.0 Å². The van der Waals surface area contributed by atoms with Gasteiger partial charge in [-0.3, -0.25) is 4.68 Å². The van der Waals surface area contributed by atoms with Gasteiger partial charge in [-0.2, -0.15) is 5.10 Å². The normalized spacial score (nSPS) is 18.3. The summed E-state index contributed by atoms with van der Waals surface area (Å²) in [5, 5.41) is 3.92. The molecular weight excluding hydrogens is 439 g/mol. The number of aromatic nitrogens is 2. The molecule has 2 atom stereocenters. The number of sulfonamides is 1. The third kappa shape index (κ3) is 5.33. The Morgan fingerprint density at radius 2 is 2.03 bits per heavy atom. The minimum atomic E-state index is -3.64. The number of hydrogen-bond acceptors (Lipinski definition) is 4. The summed E-state index contributed by atoms with van der Waals surface area (Å²) in [5.41, 5.74) is 10.5. The van der Waals surface area contributed by atoms with Crippen molar-refractivity contribution in [3.63, 3.8) is 0 Å². The van der Waals surface area contributed by atoms with E-state index in [1.807, 2.05) is 24.3 Å². The number of nitrogens with zero attached hydrogens (tertiary/aromatic N) is 2. The van der Waals surface area contributed by atoms with Crippen LogP contribution in [0.4, 0.5) is 4.39 Å². The Morgan fingerprint density at radius 1 is 1.23 bits per heavy atom. The van der Waals surface area contributed by atoms with Gasteiger partial charge in [-0.25, -0.2) is 17.5 Å². The fourth-order valence-corrected chi connectivity index (χ4v) is 5.06. The molecule has 3 aromatic rings. The Morgan fingerprint density at radius 3 is 2.74 bits per heavy atom. The SMILES string of the molecule is Cl.Cn1cc(S(=O)(=O)NCc2ccc3c(c2)C(Cc2cccc(F)c2)C(N)CC3)cn1. The molecule has 0 radical (unpaired) electrons. The summed E-state index contributed by atoms with van der Waals surface area (Å²) in [6.07, 6.45) is 5.20. The lowest BCUT2D eigenvalue weighted by atomic mass is 9.76. The van der Waals surface area contributed by atoms with E-state index in [-0.39, 0.29) is 41.6 Å². The van der Waals surface area contributed by atoms with Gasteiger partial charge in [-0.15, -0.1) is 12.4 Å². The third-order valence-corrected chi connectivity index (χ3v) is 7.03. The van der Waals surface area contributed by atoms with E-state index in [9.17, 15) is 12.8 Å². The standard InChI is InChI=1S/C22H25FN4O2S.ClH/c1-27-14-19(13-25-27)30(28,29)26-12-16-5-6-17-7-8-22(24)21(20(17)11-16)10-15-3-2-4-18(23)9-15;/h2-6,9,11,13-14,21-22,26H,7-8,10,12,24H2,1H3;1H. The summed E-state index contributed by atoms with van der Waals surface area (Å²) in [4.78, 5) is 0.133. The highest BCUT2D eigenvalue weighted by molar-refractivity contribution is 7.89. The first-order chi connectivity index (χ1) is 14.3. The molecule has 0 saturated carbocycles. The number of aryl methyl sites for hydroxylation is 2. The quantitative estimate of drug-likeness (QED) is 0.586. The van der Waals surface area contributed by atoms with Crippen LogP contribution in [-0.4, -0.2) is 24.2 Å². The molecule has 1 aromatic heterocycles. The molecule has 2 unspecified atom stereocenters. The number of nitrogens with two attached hydrogens (primary N) is 1. The maximum atomic E-state index is 13.6. The number of rotatable bonds is 6. The van der Waals surface area contributed by atoms with Crippen LogP contribution in [0.25, 0.3) is 0 Å². The van der Waals surface area contributed by atoms with Gasteiger partial charge in [-0.1, -0.05) is 30.3 Å².